The Bertz CT molecular complexity index is 684. The number of carbonyl (C=O) groups excluding carboxylic acids is 1. The molecule has 2 unspecified atom stereocenters. The fourth-order valence-corrected chi connectivity index (χ4v) is 3.08. The van der Waals surface area contributed by atoms with E-state index in [2.05, 4.69) is 41.8 Å². The van der Waals surface area contributed by atoms with Crippen LogP contribution >= 0.6 is 0 Å². The molecule has 1 aliphatic carbocycles. The third-order valence-corrected chi connectivity index (χ3v) is 4.11. The number of rotatable bonds is 4. The van der Waals surface area contributed by atoms with Crippen LogP contribution in [0, 0.1) is 5.92 Å². The maximum absolute atomic E-state index is 11.3. The number of amides is 1. The smallest absolute Gasteiger partial charge is 0.250 e. The van der Waals surface area contributed by atoms with Gasteiger partial charge >= 0.3 is 0 Å². The van der Waals surface area contributed by atoms with Gasteiger partial charge in [-0.2, -0.15) is 0 Å². The van der Waals surface area contributed by atoms with Gasteiger partial charge in [-0.3, -0.25) is 4.79 Å². The molecule has 2 atom stereocenters. The predicted molar refractivity (Wildman–Crippen MR) is 87.8 cm³/mol. The number of hydrogen-bond acceptors (Lipinski definition) is 3. The summed E-state index contributed by atoms with van der Waals surface area (Å²) >= 11 is 0. The predicted octanol–water partition coefficient (Wildman–Crippen LogP) is 2.96. The van der Waals surface area contributed by atoms with Gasteiger partial charge in [-0.05, 0) is 41.7 Å². The van der Waals surface area contributed by atoms with E-state index in [0.717, 1.165) is 12.1 Å². The van der Waals surface area contributed by atoms with E-state index in [-0.39, 0.29) is 6.04 Å². The average molecular weight is 296 g/mol. The first-order valence-electron chi connectivity index (χ1n) is 7.52. The third-order valence-electron chi connectivity index (χ3n) is 4.11. The topological polar surface area (TPSA) is 61.4 Å². The number of carbonyl (C=O) groups is 1. The van der Waals surface area contributed by atoms with Gasteiger partial charge in [-0.25, -0.2) is 0 Å². The van der Waals surface area contributed by atoms with Crippen molar-refractivity contribution in [2.24, 2.45) is 5.92 Å². The highest BCUT2D eigenvalue weighted by Crippen LogP contribution is 2.38. The number of nitrogens with one attached hydrogen (secondary N) is 2. The lowest BCUT2D eigenvalue weighted by Crippen LogP contribution is -2.16. The number of anilines is 2. The SMILES string of the molecule is CC1Cc2ccccc2C1Nc1cccc(NC(=O)CO)c1. The summed E-state index contributed by atoms with van der Waals surface area (Å²) in [5.74, 6) is 0.116. The van der Waals surface area contributed by atoms with Crippen LogP contribution in [0.4, 0.5) is 11.4 Å². The standard InChI is InChI=1S/C18H20N2O2/c1-12-9-13-5-2-3-8-16(13)18(12)20-15-7-4-6-14(10-15)19-17(22)11-21/h2-8,10,12,18,20-21H,9,11H2,1H3,(H,19,22). The van der Waals surface area contributed by atoms with Gasteiger partial charge in [0.2, 0.25) is 5.91 Å². The lowest BCUT2D eigenvalue weighted by Gasteiger charge is -2.20. The maximum atomic E-state index is 11.3. The van der Waals surface area contributed by atoms with Gasteiger partial charge in [0, 0.05) is 11.4 Å². The van der Waals surface area contributed by atoms with E-state index in [4.69, 9.17) is 5.11 Å². The fourth-order valence-electron chi connectivity index (χ4n) is 3.08. The Labute approximate surface area is 130 Å². The summed E-state index contributed by atoms with van der Waals surface area (Å²) in [4.78, 5) is 11.3. The molecular formula is C18H20N2O2. The molecule has 4 nitrogen and oxygen atoms in total. The van der Waals surface area contributed by atoms with Gasteiger partial charge < -0.3 is 15.7 Å². The minimum Gasteiger partial charge on any atom is -0.387 e. The van der Waals surface area contributed by atoms with Crippen LogP contribution in [0.3, 0.4) is 0 Å². The molecule has 1 amide bonds. The van der Waals surface area contributed by atoms with E-state index in [1.54, 1.807) is 0 Å². The minimum atomic E-state index is -0.509. The monoisotopic (exact) mass is 296 g/mol. The highest BCUT2D eigenvalue weighted by molar-refractivity contribution is 5.91. The van der Waals surface area contributed by atoms with E-state index in [1.807, 2.05) is 24.3 Å². The molecule has 0 aliphatic heterocycles. The van der Waals surface area contributed by atoms with Gasteiger partial charge in [0.25, 0.3) is 0 Å². The van der Waals surface area contributed by atoms with Crippen LogP contribution in [0.25, 0.3) is 0 Å². The second kappa shape index (κ2) is 6.20. The van der Waals surface area contributed by atoms with Crippen molar-refractivity contribution in [1.82, 2.24) is 0 Å². The van der Waals surface area contributed by atoms with E-state index in [1.165, 1.54) is 11.1 Å². The summed E-state index contributed by atoms with van der Waals surface area (Å²) in [5.41, 5.74) is 4.39. The summed E-state index contributed by atoms with van der Waals surface area (Å²) < 4.78 is 0. The molecule has 0 radical (unpaired) electrons. The average Bonchev–Trinajstić information content (AvgIpc) is 2.84. The first-order chi connectivity index (χ1) is 10.7. The molecule has 22 heavy (non-hydrogen) atoms. The molecule has 0 fully saturated rings. The Kier molecular flexibility index (Phi) is 4.11. The van der Waals surface area contributed by atoms with Crippen molar-refractivity contribution in [2.75, 3.05) is 17.2 Å². The second-order valence-corrected chi connectivity index (χ2v) is 5.79. The van der Waals surface area contributed by atoms with Crippen molar-refractivity contribution >= 4 is 17.3 Å². The zero-order valence-corrected chi connectivity index (χ0v) is 12.5. The van der Waals surface area contributed by atoms with Crippen molar-refractivity contribution in [3.05, 3.63) is 59.7 Å². The molecule has 0 aromatic heterocycles. The number of benzene rings is 2. The molecule has 0 spiro atoms. The lowest BCUT2D eigenvalue weighted by atomic mass is 10.0. The van der Waals surface area contributed by atoms with Crippen LogP contribution in [0.5, 0.6) is 0 Å². The fraction of sp³-hybridized carbons (Fsp3) is 0.278. The van der Waals surface area contributed by atoms with Crippen LogP contribution in [0.1, 0.15) is 24.1 Å². The molecule has 0 bridgehead atoms. The van der Waals surface area contributed by atoms with Gasteiger partial charge in [-0.1, -0.05) is 37.3 Å². The van der Waals surface area contributed by atoms with Crippen molar-refractivity contribution in [3.63, 3.8) is 0 Å². The summed E-state index contributed by atoms with van der Waals surface area (Å²) in [6, 6.07) is 16.4. The number of aliphatic hydroxyl groups is 1. The molecular weight excluding hydrogens is 276 g/mol. The van der Waals surface area contributed by atoms with E-state index in [9.17, 15) is 4.79 Å². The summed E-state index contributed by atoms with van der Waals surface area (Å²) in [6.07, 6.45) is 1.08. The summed E-state index contributed by atoms with van der Waals surface area (Å²) in [6.45, 7) is 1.74. The van der Waals surface area contributed by atoms with Gasteiger partial charge in [0.05, 0.1) is 6.04 Å². The van der Waals surface area contributed by atoms with Crippen molar-refractivity contribution in [1.29, 1.82) is 0 Å². The quantitative estimate of drug-likeness (QED) is 0.813. The van der Waals surface area contributed by atoms with E-state index < -0.39 is 12.5 Å². The van der Waals surface area contributed by atoms with Gasteiger partial charge in [0.15, 0.2) is 0 Å². The molecule has 4 heteroatoms. The molecule has 2 aromatic carbocycles. The first-order valence-corrected chi connectivity index (χ1v) is 7.52. The Morgan fingerprint density at radius 2 is 1.95 bits per heavy atom. The number of aliphatic hydroxyl groups excluding tert-OH is 1. The molecule has 0 saturated heterocycles. The maximum Gasteiger partial charge on any atom is 0.250 e. The first kappa shape index (κ1) is 14.6. The Balaban J connectivity index is 1.79. The number of fused-ring (bicyclic) bond motifs is 1. The van der Waals surface area contributed by atoms with Gasteiger partial charge in [0.1, 0.15) is 6.61 Å². The van der Waals surface area contributed by atoms with E-state index >= 15 is 0 Å². The van der Waals surface area contributed by atoms with Crippen LogP contribution in [-0.4, -0.2) is 17.6 Å². The largest absolute Gasteiger partial charge is 0.387 e. The highest BCUT2D eigenvalue weighted by Gasteiger charge is 2.28. The second-order valence-electron chi connectivity index (χ2n) is 5.79. The molecule has 3 N–H and O–H groups in total. The zero-order valence-electron chi connectivity index (χ0n) is 12.5. The molecule has 114 valence electrons. The molecule has 0 saturated carbocycles. The summed E-state index contributed by atoms with van der Waals surface area (Å²) in [5, 5.41) is 15.0. The van der Waals surface area contributed by atoms with Crippen LogP contribution < -0.4 is 10.6 Å². The number of hydrogen-bond donors (Lipinski definition) is 3. The summed E-state index contributed by atoms with van der Waals surface area (Å²) in [7, 11) is 0. The van der Waals surface area contributed by atoms with Crippen molar-refractivity contribution in [2.45, 2.75) is 19.4 Å². The Hall–Kier alpha value is -2.33. The molecule has 2 aromatic rings. The van der Waals surface area contributed by atoms with Crippen molar-refractivity contribution < 1.29 is 9.90 Å². The Morgan fingerprint density at radius 1 is 1.18 bits per heavy atom. The van der Waals surface area contributed by atoms with Crippen LogP contribution in [0.2, 0.25) is 0 Å². The zero-order chi connectivity index (χ0) is 15.5. The Morgan fingerprint density at radius 3 is 2.77 bits per heavy atom. The van der Waals surface area contributed by atoms with Crippen LogP contribution in [0.15, 0.2) is 48.5 Å². The van der Waals surface area contributed by atoms with Crippen LogP contribution in [-0.2, 0) is 11.2 Å². The normalized spacial score (nSPS) is 19.5. The molecule has 0 heterocycles. The van der Waals surface area contributed by atoms with Gasteiger partial charge in [-0.15, -0.1) is 0 Å². The highest BCUT2D eigenvalue weighted by atomic mass is 16.3. The lowest BCUT2D eigenvalue weighted by molar-refractivity contribution is -0.118. The minimum absolute atomic E-state index is 0.278. The molecule has 3 rings (SSSR count). The third kappa shape index (κ3) is 2.97. The van der Waals surface area contributed by atoms with Crippen molar-refractivity contribution in [3.8, 4) is 0 Å². The van der Waals surface area contributed by atoms with E-state index in [0.29, 0.717) is 11.6 Å². The molecule has 1 aliphatic rings.